The van der Waals surface area contributed by atoms with Crippen LogP contribution in [0.1, 0.15) is 5.56 Å². The molecule has 0 aliphatic rings. The van der Waals surface area contributed by atoms with E-state index in [1.807, 2.05) is 0 Å². The van der Waals surface area contributed by atoms with E-state index in [4.69, 9.17) is 5.11 Å². The van der Waals surface area contributed by atoms with Crippen LogP contribution in [0.15, 0.2) is 23.4 Å². The van der Waals surface area contributed by atoms with Crippen LogP contribution in [-0.2, 0) is 5.75 Å². The zero-order valence-corrected chi connectivity index (χ0v) is 12.6. The Morgan fingerprint density at radius 3 is 2.91 bits per heavy atom. The quantitative estimate of drug-likeness (QED) is 0.465. The number of rotatable bonds is 6. The number of H-pyrrole nitrogens is 1. The summed E-state index contributed by atoms with van der Waals surface area (Å²) < 4.78 is 26.9. The van der Waals surface area contributed by atoms with E-state index in [0.717, 1.165) is 17.8 Å². The Bertz CT molecular complexity index is 827. The largest absolute Gasteiger partial charge is 0.395 e. The number of nitrogens with one attached hydrogen (secondary N) is 2. The van der Waals surface area contributed by atoms with Crippen LogP contribution >= 0.6 is 11.8 Å². The van der Waals surface area contributed by atoms with Gasteiger partial charge in [-0.25, -0.2) is 13.8 Å². The van der Waals surface area contributed by atoms with Crippen LogP contribution in [0.3, 0.4) is 0 Å². The van der Waals surface area contributed by atoms with E-state index in [9.17, 15) is 8.78 Å². The van der Waals surface area contributed by atoms with E-state index < -0.39 is 11.6 Å². The van der Waals surface area contributed by atoms with Crippen molar-refractivity contribution in [3.05, 3.63) is 35.4 Å². The van der Waals surface area contributed by atoms with Gasteiger partial charge in [-0.2, -0.15) is 15.3 Å². The molecule has 23 heavy (non-hydrogen) atoms. The first kappa shape index (κ1) is 15.6. The molecule has 0 fully saturated rings. The van der Waals surface area contributed by atoms with Crippen LogP contribution in [0.2, 0.25) is 0 Å². The van der Waals surface area contributed by atoms with Crippen molar-refractivity contribution in [3.63, 3.8) is 0 Å². The second-order valence-corrected chi connectivity index (χ2v) is 5.45. The highest BCUT2D eigenvalue weighted by Crippen LogP contribution is 2.25. The van der Waals surface area contributed by atoms with Gasteiger partial charge in [-0.1, -0.05) is 23.9 Å². The first-order valence-electron chi connectivity index (χ1n) is 6.68. The molecule has 0 saturated heterocycles. The number of aliphatic hydroxyl groups is 1. The van der Waals surface area contributed by atoms with Crippen molar-refractivity contribution < 1.29 is 13.9 Å². The average Bonchev–Trinajstić information content (AvgIpc) is 3.02. The van der Waals surface area contributed by atoms with Crippen molar-refractivity contribution >= 4 is 28.7 Å². The zero-order chi connectivity index (χ0) is 16.2. The third-order valence-corrected chi connectivity index (χ3v) is 3.85. The molecule has 0 bridgehead atoms. The lowest BCUT2D eigenvalue weighted by Gasteiger charge is -2.06. The number of hydrogen-bond acceptors (Lipinski definition) is 7. The molecule has 3 rings (SSSR count). The third-order valence-electron chi connectivity index (χ3n) is 2.96. The normalized spacial score (nSPS) is 11.1. The van der Waals surface area contributed by atoms with Gasteiger partial charge in [-0.15, -0.1) is 5.10 Å². The van der Waals surface area contributed by atoms with Crippen LogP contribution in [0.25, 0.3) is 11.2 Å². The molecule has 3 N–H and O–H groups in total. The lowest BCUT2D eigenvalue weighted by atomic mass is 10.2. The van der Waals surface area contributed by atoms with Crippen LogP contribution in [0, 0.1) is 11.6 Å². The summed E-state index contributed by atoms with van der Waals surface area (Å²) in [5.74, 6) is -1.17. The molecule has 10 heteroatoms. The fraction of sp³-hybridized carbons (Fsp3) is 0.231. The van der Waals surface area contributed by atoms with Crippen LogP contribution in [0.5, 0.6) is 0 Å². The fourth-order valence-corrected chi connectivity index (χ4v) is 2.71. The molecule has 0 spiro atoms. The Balaban J connectivity index is 1.83. The van der Waals surface area contributed by atoms with Gasteiger partial charge in [0.05, 0.1) is 6.61 Å². The van der Waals surface area contributed by atoms with Crippen molar-refractivity contribution in [2.75, 3.05) is 18.5 Å². The number of hydrogen-bond donors (Lipinski definition) is 3. The highest BCUT2D eigenvalue weighted by atomic mass is 32.2. The smallest absolute Gasteiger partial charge is 0.207 e. The standard InChI is InChI=1S/C13H12F2N6OS/c14-8-3-1-2-7(9(8)15)6-23-13-17-11(16-4-5-22)10-12(18-13)20-21-19-10/h1-3,22H,4-6H2,(H2,16,17,18,19,20,21). The Labute approximate surface area is 133 Å². The average molecular weight is 338 g/mol. The summed E-state index contributed by atoms with van der Waals surface area (Å²) in [5, 5.41) is 22.4. The van der Waals surface area contributed by atoms with E-state index in [1.165, 1.54) is 12.1 Å². The molecule has 0 radical (unpaired) electrons. The van der Waals surface area contributed by atoms with E-state index >= 15 is 0 Å². The monoisotopic (exact) mass is 338 g/mol. The maximum atomic E-state index is 13.7. The summed E-state index contributed by atoms with van der Waals surface area (Å²) in [4.78, 5) is 8.47. The van der Waals surface area contributed by atoms with Crippen molar-refractivity contribution in [3.8, 4) is 0 Å². The van der Waals surface area contributed by atoms with Crippen molar-refractivity contribution in [1.29, 1.82) is 0 Å². The van der Waals surface area contributed by atoms with Gasteiger partial charge in [0, 0.05) is 17.9 Å². The number of fused-ring (bicyclic) bond motifs is 1. The van der Waals surface area contributed by atoms with Crippen LogP contribution in [0.4, 0.5) is 14.6 Å². The number of halogens is 2. The molecule has 0 amide bonds. The van der Waals surface area contributed by atoms with Crippen molar-refractivity contribution in [2.45, 2.75) is 10.9 Å². The lowest BCUT2D eigenvalue weighted by Crippen LogP contribution is -2.08. The summed E-state index contributed by atoms with van der Waals surface area (Å²) in [5.41, 5.74) is 1.02. The molecule has 0 aliphatic carbocycles. The first-order valence-corrected chi connectivity index (χ1v) is 7.66. The number of nitrogens with zero attached hydrogens (tertiary/aromatic N) is 4. The van der Waals surface area contributed by atoms with Gasteiger partial charge in [0.15, 0.2) is 28.1 Å². The Morgan fingerprint density at radius 1 is 1.22 bits per heavy atom. The van der Waals surface area contributed by atoms with E-state index in [-0.39, 0.29) is 17.9 Å². The molecule has 0 aliphatic heterocycles. The maximum absolute atomic E-state index is 13.7. The summed E-state index contributed by atoms with van der Waals surface area (Å²) in [7, 11) is 0. The van der Waals surface area contributed by atoms with Crippen LogP contribution < -0.4 is 5.32 Å². The molecule has 0 saturated carbocycles. The van der Waals surface area contributed by atoms with Gasteiger partial charge >= 0.3 is 0 Å². The van der Waals surface area contributed by atoms with Gasteiger partial charge in [0.2, 0.25) is 5.65 Å². The predicted octanol–water partition coefficient (Wildman–Crippen LogP) is 1.72. The maximum Gasteiger partial charge on any atom is 0.207 e. The second-order valence-electron chi connectivity index (χ2n) is 4.50. The SMILES string of the molecule is OCCNc1nc(SCc2cccc(F)c2F)nc2n[nH]nc12. The molecule has 0 atom stereocenters. The minimum atomic E-state index is -0.888. The molecule has 2 heterocycles. The van der Waals surface area contributed by atoms with Gasteiger partial charge < -0.3 is 10.4 Å². The van der Waals surface area contributed by atoms with Crippen molar-refractivity contribution in [2.24, 2.45) is 0 Å². The highest BCUT2D eigenvalue weighted by Gasteiger charge is 2.13. The fourth-order valence-electron chi connectivity index (χ4n) is 1.89. The van der Waals surface area contributed by atoms with E-state index in [0.29, 0.717) is 28.7 Å². The minimum absolute atomic E-state index is 0.0691. The first-order chi connectivity index (χ1) is 11.2. The Morgan fingerprint density at radius 2 is 2.09 bits per heavy atom. The number of thioether (sulfide) groups is 1. The zero-order valence-electron chi connectivity index (χ0n) is 11.8. The predicted molar refractivity (Wildman–Crippen MR) is 81.0 cm³/mol. The second kappa shape index (κ2) is 6.84. The van der Waals surface area contributed by atoms with Gasteiger partial charge in [0.1, 0.15) is 0 Å². The van der Waals surface area contributed by atoms with Crippen molar-refractivity contribution in [1.82, 2.24) is 25.4 Å². The molecule has 3 aromatic rings. The molecule has 120 valence electrons. The molecular weight excluding hydrogens is 326 g/mol. The number of aromatic nitrogens is 5. The number of benzene rings is 1. The molecule has 7 nitrogen and oxygen atoms in total. The van der Waals surface area contributed by atoms with Gasteiger partial charge in [-0.05, 0) is 6.07 Å². The number of aliphatic hydroxyl groups excluding tert-OH is 1. The molecule has 1 aromatic carbocycles. The third kappa shape index (κ3) is 3.37. The van der Waals surface area contributed by atoms with Crippen LogP contribution in [-0.4, -0.2) is 43.6 Å². The summed E-state index contributed by atoms with van der Waals surface area (Å²) in [6.07, 6.45) is 0. The summed E-state index contributed by atoms with van der Waals surface area (Å²) >= 11 is 1.15. The Hall–Kier alpha value is -2.33. The number of aromatic amines is 1. The van der Waals surface area contributed by atoms with E-state index in [1.54, 1.807) is 0 Å². The summed E-state index contributed by atoms with van der Waals surface area (Å²) in [6, 6.07) is 4.02. The number of anilines is 1. The molecule has 0 unspecified atom stereocenters. The molecular formula is C13H12F2N6OS. The Kier molecular flexibility index (Phi) is 4.63. The summed E-state index contributed by atoms with van der Waals surface area (Å²) in [6.45, 7) is 0.224. The highest BCUT2D eigenvalue weighted by molar-refractivity contribution is 7.98. The molecule has 2 aromatic heterocycles. The minimum Gasteiger partial charge on any atom is -0.395 e. The van der Waals surface area contributed by atoms with Gasteiger partial charge in [-0.3, -0.25) is 0 Å². The van der Waals surface area contributed by atoms with Gasteiger partial charge in [0.25, 0.3) is 0 Å². The lowest BCUT2D eigenvalue weighted by molar-refractivity contribution is 0.311. The topological polar surface area (TPSA) is 99.6 Å². The van der Waals surface area contributed by atoms with E-state index in [2.05, 4.69) is 30.7 Å².